The van der Waals surface area contributed by atoms with Crippen molar-refractivity contribution in [3.63, 3.8) is 0 Å². The molecule has 1 aromatic rings. The van der Waals surface area contributed by atoms with E-state index in [0.29, 0.717) is 0 Å². The average Bonchev–Trinajstić information content (AvgIpc) is 2.53. The molecule has 0 spiro atoms. The van der Waals surface area contributed by atoms with Crippen molar-refractivity contribution in [1.29, 1.82) is 0 Å². The number of ether oxygens (including phenoxy) is 2. The van der Waals surface area contributed by atoms with Gasteiger partial charge in [-0.05, 0) is 44.5 Å². The first-order valence-corrected chi connectivity index (χ1v) is 8.34. The summed E-state index contributed by atoms with van der Waals surface area (Å²) in [6.07, 6.45) is 1.06. The smallest absolute Gasteiger partial charge is 0.122 e. The first kappa shape index (κ1) is 17.3. The van der Waals surface area contributed by atoms with Gasteiger partial charge in [-0.3, -0.25) is 4.90 Å². The van der Waals surface area contributed by atoms with Gasteiger partial charge in [0.15, 0.2) is 0 Å². The highest BCUT2D eigenvalue weighted by atomic mass is 16.5. The highest BCUT2D eigenvalue weighted by Crippen LogP contribution is 2.19. The predicted molar refractivity (Wildman–Crippen MR) is 90.8 cm³/mol. The Morgan fingerprint density at radius 2 is 1.95 bits per heavy atom. The van der Waals surface area contributed by atoms with Crippen molar-refractivity contribution in [2.45, 2.75) is 20.3 Å². The Morgan fingerprint density at radius 3 is 2.73 bits per heavy atom. The minimum Gasteiger partial charge on any atom is -0.493 e. The Hall–Kier alpha value is -1.10. The minimum absolute atomic E-state index is 0.784. The van der Waals surface area contributed by atoms with Crippen molar-refractivity contribution >= 4 is 0 Å². The lowest BCUT2D eigenvalue weighted by atomic mass is 10.1. The first-order chi connectivity index (χ1) is 10.6. The molecule has 1 fully saturated rings. The molecule has 0 unspecified atom stereocenters. The zero-order valence-corrected chi connectivity index (χ0v) is 14.3. The van der Waals surface area contributed by atoms with Gasteiger partial charge in [-0.25, -0.2) is 0 Å². The topological polar surface area (TPSA) is 24.9 Å². The van der Waals surface area contributed by atoms with Gasteiger partial charge in [0.25, 0.3) is 0 Å². The van der Waals surface area contributed by atoms with Crippen molar-refractivity contribution in [2.75, 3.05) is 59.6 Å². The average molecular weight is 306 g/mol. The fraction of sp³-hybridized carbons (Fsp3) is 0.667. The number of morpholine rings is 1. The Morgan fingerprint density at radius 1 is 1.18 bits per heavy atom. The van der Waals surface area contributed by atoms with Gasteiger partial charge in [-0.1, -0.05) is 12.1 Å². The van der Waals surface area contributed by atoms with Crippen LogP contribution < -0.4 is 4.74 Å². The molecule has 4 heteroatoms. The molecule has 1 aromatic carbocycles. The van der Waals surface area contributed by atoms with E-state index in [1.165, 1.54) is 11.1 Å². The van der Waals surface area contributed by atoms with Crippen LogP contribution in [0.5, 0.6) is 5.75 Å². The molecule has 0 N–H and O–H groups in total. The number of nitrogens with zero attached hydrogens (tertiary/aromatic N) is 2. The van der Waals surface area contributed by atoms with Crippen molar-refractivity contribution in [3.05, 3.63) is 29.3 Å². The molecule has 22 heavy (non-hydrogen) atoms. The van der Waals surface area contributed by atoms with E-state index in [1.807, 2.05) is 0 Å². The Bertz CT molecular complexity index is 445. The molecule has 0 bridgehead atoms. The maximum atomic E-state index is 5.91. The molecule has 124 valence electrons. The summed E-state index contributed by atoms with van der Waals surface area (Å²) < 4.78 is 11.3. The summed E-state index contributed by atoms with van der Waals surface area (Å²) in [5.74, 6) is 1.02. The lowest BCUT2D eigenvalue weighted by Crippen LogP contribution is -2.40. The van der Waals surface area contributed by atoms with E-state index in [2.05, 4.69) is 48.9 Å². The molecule has 0 radical (unpaired) electrons. The summed E-state index contributed by atoms with van der Waals surface area (Å²) in [4.78, 5) is 4.87. The lowest BCUT2D eigenvalue weighted by molar-refractivity contribution is 0.0343. The Kier molecular flexibility index (Phi) is 7.16. The second-order valence-corrected chi connectivity index (χ2v) is 6.23. The van der Waals surface area contributed by atoms with Crippen LogP contribution in [-0.4, -0.2) is 69.4 Å². The first-order valence-electron chi connectivity index (χ1n) is 8.34. The molecule has 0 amide bonds. The molecule has 2 rings (SSSR count). The Labute approximate surface area is 135 Å². The van der Waals surface area contributed by atoms with Crippen LogP contribution >= 0.6 is 0 Å². The van der Waals surface area contributed by atoms with Gasteiger partial charge in [0, 0.05) is 32.7 Å². The van der Waals surface area contributed by atoms with Crippen molar-refractivity contribution in [2.24, 2.45) is 0 Å². The monoisotopic (exact) mass is 306 g/mol. The van der Waals surface area contributed by atoms with Gasteiger partial charge >= 0.3 is 0 Å². The second kappa shape index (κ2) is 9.13. The SMILES string of the molecule is Cc1ccc(C)c(OCCCN(C)CCN2CCOCC2)c1. The van der Waals surface area contributed by atoms with E-state index in [-0.39, 0.29) is 0 Å². The van der Waals surface area contributed by atoms with Crippen LogP contribution in [0.3, 0.4) is 0 Å². The number of benzene rings is 1. The summed E-state index contributed by atoms with van der Waals surface area (Å²) in [5.41, 5.74) is 2.47. The number of rotatable bonds is 8. The van der Waals surface area contributed by atoms with E-state index >= 15 is 0 Å². The van der Waals surface area contributed by atoms with Crippen LogP contribution in [0, 0.1) is 13.8 Å². The van der Waals surface area contributed by atoms with Gasteiger partial charge in [0.2, 0.25) is 0 Å². The quantitative estimate of drug-likeness (QED) is 0.688. The zero-order chi connectivity index (χ0) is 15.8. The molecular formula is C18H30N2O2. The zero-order valence-electron chi connectivity index (χ0n) is 14.3. The molecule has 1 heterocycles. The van der Waals surface area contributed by atoms with Crippen molar-refractivity contribution < 1.29 is 9.47 Å². The predicted octanol–water partition coefficient (Wildman–Crippen LogP) is 2.34. The maximum absolute atomic E-state index is 5.91. The molecule has 1 aliphatic heterocycles. The summed E-state index contributed by atoms with van der Waals surface area (Å²) in [6, 6.07) is 6.37. The number of hydrogen-bond donors (Lipinski definition) is 0. The van der Waals surface area contributed by atoms with E-state index < -0.39 is 0 Å². The highest BCUT2D eigenvalue weighted by molar-refractivity contribution is 5.35. The second-order valence-electron chi connectivity index (χ2n) is 6.23. The molecule has 0 atom stereocenters. The number of hydrogen-bond acceptors (Lipinski definition) is 4. The number of aryl methyl sites for hydroxylation is 2. The molecule has 1 saturated heterocycles. The minimum atomic E-state index is 0.784. The normalized spacial score (nSPS) is 16.2. The van der Waals surface area contributed by atoms with Crippen molar-refractivity contribution in [1.82, 2.24) is 9.80 Å². The van der Waals surface area contributed by atoms with E-state index in [4.69, 9.17) is 9.47 Å². The third-order valence-electron chi connectivity index (χ3n) is 4.19. The van der Waals surface area contributed by atoms with Crippen LogP contribution in [-0.2, 0) is 4.74 Å². The molecule has 1 aliphatic rings. The molecule has 0 aromatic heterocycles. The third kappa shape index (κ3) is 5.95. The summed E-state index contributed by atoms with van der Waals surface area (Å²) in [7, 11) is 2.19. The molecule has 0 aliphatic carbocycles. The van der Waals surface area contributed by atoms with Gasteiger partial charge in [-0.15, -0.1) is 0 Å². The van der Waals surface area contributed by atoms with E-state index in [9.17, 15) is 0 Å². The van der Waals surface area contributed by atoms with Crippen molar-refractivity contribution in [3.8, 4) is 5.75 Å². The van der Waals surface area contributed by atoms with Crippen LogP contribution in [0.4, 0.5) is 0 Å². The van der Waals surface area contributed by atoms with E-state index in [1.54, 1.807) is 0 Å². The molecule has 0 saturated carbocycles. The van der Waals surface area contributed by atoms with Gasteiger partial charge < -0.3 is 14.4 Å². The van der Waals surface area contributed by atoms with Gasteiger partial charge in [-0.2, -0.15) is 0 Å². The van der Waals surface area contributed by atoms with E-state index in [0.717, 1.165) is 64.7 Å². The molecular weight excluding hydrogens is 276 g/mol. The van der Waals surface area contributed by atoms with Gasteiger partial charge in [0.05, 0.1) is 19.8 Å². The van der Waals surface area contributed by atoms with Crippen LogP contribution in [0.25, 0.3) is 0 Å². The van der Waals surface area contributed by atoms with Crippen LogP contribution in [0.1, 0.15) is 17.5 Å². The van der Waals surface area contributed by atoms with Crippen LogP contribution in [0.15, 0.2) is 18.2 Å². The Balaban J connectivity index is 1.58. The highest BCUT2D eigenvalue weighted by Gasteiger charge is 2.10. The lowest BCUT2D eigenvalue weighted by Gasteiger charge is -2.28. The fourth-order valence-electron chi connectivity index (χ4n) is 2.63. The fourth-order valence-corrected chi connectivity index (χ4v) is 2.63. The largest absolute Gasteiger partial charge is 0.493 e. The van der Waals surface area contributed by atoms with Gasteiger partial charge in [0.1, 0.15) is 5.75 Å². The summed E-state index contributed by atoms with van der Waals surface area (Å²) in [5, 5.41) is 0. The standard InChI is InChI=1S/C18H30N2O2/c1-16-5-6-17(2)18(15-16)22-12-4-7-19(3)8-9-20-10-13-21-14-11-20/h5-6,15H,4,7-14H2,1-3H3. The third-order valence-corrected chi connectivity index (χ3v) is 4.19. The number of likely N-dealkylation sites (N-methyl/N-ethyl adjacent to an activating group) is 1. The summed E-state index contributed by atoms with van der Waals surface area (Å²) in [6.45, 7) is 12.2. The van der Waals surface area contributed by atoms with Crippen LogP contribution in [0.2, 0.25) is 0 Å². The molecule has 4 nitrogen and oxygen atoms in total. The maximum Gasteiger partial charge on any atom is 0.122 e. The summed E-state index contributed by atoms with van der Waals surface area (Å²) >= 11 is 0.